The van der Waals surface area contributed by atoms with E-state index in [1.807, 2.05) is 0 Å². The van der Waals surface area contributed by atoms with Crippen molar-refractivity contribution in [2.24, 2.45) is 0 Å². The van der Waals surface area contributed by atoms with Crippen molar-refractivity contribution >= 4 is 46.4 Å². The SMILES string of the molecule is [O-]c1cccc(Cl)c1Cl.[O-]c1cccc(Cl)c1Cl.[V+2]. The zero-order chi connectivity index (χ0) is 13.7. The van der Waals surface area contributed by atoms with Crippen LogP contribution in [-0.4, -0.2) is 0 Å². The minimum Gasteiger partial charge on any atom is -0.871 e. The van der Waals surface area contributed by atoms with Gasteiger partial charge in [0.05, 0.1) is 20.1 Å². The maximum atomic E-state index is 10.6. The van der Waals surface area contributed by atoms with Crippen LogP contribution in [0.15, 0.2) is 36.4 Å². The van der Waals surface area contributed by atoms with E-state index < -0.39 is 0 Å². The molecule has 19 heavy (non-hydrogen) atoms. The van der Waals surface area contributed by atoms with Gasteiger partial charge >= 0.3 is 18.6 Å². The Balaban J connectivity index is 0.000000324. The largest absolute Gasteiger partial charge is 2.00 e. The predicted octanol–water partition coefficient (Wildman–Crippen LogP) is 4.13. The van der Waals surface area contributed by atoms with E-state index in [1.54, 1.807) is 24.3 Å². The summed E-state index contributed by atoms with van der Waals surface area (Å²) in [5, 5.41) is 22.1. The van der Waals surface area contributed by atoms with E-state index in [4.69, 9.17) is 46.4 Å². The maximum absolute atomic E-state index is 10.6. The van der Waals surface area contributed by atoms with Crippen LogP contribution in [0.25, 0.3) is 0 Å². The molecule has 2 nitrogen and oxygen atoms in total. The molecule has 2 aromatic rings. The zero-order valence-corrected chi connectivity index (χ0v) is 13.7. The molecule has 0 aliphatic heterocycles. The molecule has 0 unspecified atom stereocenters. The fourth-order valence-corrected chi connectivity index (χ4v) is 1.55. The minimum absolute atomic E-state index is 0. The Bertz CT molecular complexity index is 459. The van der Waals surface area contributed by atoms with Gasteiger partial charge in [0.25, 0.3) is 0 Å². The van der Waals surface area contributed by atoms with Crippen molar-refractivity contribution in [3.05, 3.63) is 56.5 Å². The Morgan fingerprint density at radius 3 is 1.16 bits per heavy atom. The van der Waals surface area contributed by atoms with Gasteiger partial charge in [-0.15, -0.1) is 0 Å². The van der Waals surface area contributed by atoms with Crippen molar-refractivity contribution < 1.29 is 28.8 Å². The fourth-order valence-electron chi connectivity index (χ4n) is 0.968. The van der Waals surface area contributed by atoms with Crippen LogP contribution < -0.4 is 10.2 Å². The van der Waals surface area contributed by atoms with Crippen molar-refractivity contribution in [3.63, 3.8) is 0 Å². The summed E-state index contributed by atoms with van der Waals surface area (Å²) in [7, 11) is 0. The van der Waals surface area contributed by atoms with E-state index in [0.717, 1.165) is 0 Å². The van der Waals surface area contributed by atoms with Crippen molar-refractivity contribution in [2.45, 2.75) is 0 Å². The average molecular weight is 375 g/mol. The van der Waals surface area contributed by atoms with Crippen LogP contribution in [0, 0.1) is 0 Å². The normalized spacial score (nSPS) is 9.05. The summed E-state index contributed by atoms with van der Waals surface area (Å²) in [5.41, 5.74) is 0. The molecule has 99 valence electrons. The Labute approximate surface area is 142 Å². The molecule has 1 radical (unpaired) electrons. The maximum Gasteiger partial charge on any atom is 2.00 e. The summed E-state index contributed by atoms with van der Waals surface area (Å²) in [4.78, 5) is 0. The van der Waals surface area contributed by atoms with Gasteiger partial charge in [0, 0.05) is 0 Å². The van der Waals surface area contributed by atoms with E-state index in [9.17, 15) is 10.2 Å². The van der Waals surface area contributed by atoms with E-state index in [1.165, 1.54) is 12.1 Å². The van der Waals surface area contributed by atoms with Crippen molar-refractivity contribution in [2.75, 3.05) is 0 Å². The van der Waals surface area contributed by atoms with Crippen LogP contribution in [0.1, 0.15) is 0 Å². The molecule has 2 aromatic carbocycles. The van der Waals surface area contributed by atoms with Gasteiger partial charge in [-0.1, -0.05) is 82.2 Å². The van der Waals surface area contributed by atoms with Gasteiger partial charge in [-0.2, -0.15) is 0 Å². The molecule has 7 heteroatoms. The van der Waals surface area contributed by atoms with Crippen molar-refractivity contribution in [1.29, 1.82) is 0 Å². The summed E-state index contributed by atoms with van der Waals surface area (Å²) in [6.07, 6.45) is 0. The summed E-state index contributed by atoms with van der Waals surface area (Å²) in [5.74, 6) is -0.465. The molecule has 0 spiro atoms. The third kappa shape index (κ3) is 5.74. The first-order valence-electron chi connectivity index (χ1n) is 4.65. The quantitative estimate of drug-likeness (QED) is 0.695. The zero-order valence-electron chi connectivity index (χ0n) is 9.24. The van der Waals surface area contributed by atoms with Crippen LogP contribution >= 0.6 is 46.4 Å². The number of hydrogen-bond acceptors (Lipinski definition) is 2. The van der Waals surface area contributed by atoms with Crippen LogP contribution in [0.4, 0.5) is 0 Å². The smallest absolute Gasteiger partial charge is 0.871 e. The first kappa shape index (κ1) is 18.8. The summed E-state index contributed by atoms with van der Waals surface area (Å²) < 4.78 is 0. The van der Waals surface area contributed by atoms with Gasteiger partial charge in [0.1, 0.15) is 0 Å². The molecule has 0 fully saturated rings. The second-order valence-electron chi connectivity index (χ2n) is 3.10. The van der Waals surface area contributed by atoms with Gasteiger partial charge in [-0.3, -0.25) is 0 Å². The topological polar surface area (TPSA) is 46.1 Å². The van der Waals surface area contributed by atoms with Crippen LogP contribution in [-0.2, 0) is 18.6 Å². The molecule has 0 atom stereocenters. The molecular formula is C12H6Cl4O2V. The Morgan fingerprint density at radius 1 is 0.632 bits per heavy atom. The standard InChI is InChI=1S/2C6H4Cl2O.V/c2*7-4-2-1-3-5(9)6(4)8;/h2*1-3,9H;/q;;+2/p-2. The molecule has 0 heterocycles. The number of rotatable bonds is 0. The second-order valence-corrected chi connectivity index (χ2v) is 4.67. The van der Waals surface area contributed by atoms with E-state index in [2.05, 4.69) is 0 Å². The molecule has 0 aliphatic carbocycles. The van der Waals surface area contributed by atoms with Crippen molar-refractivity contribution in [3.8, 4) is 11.5 Å². The number of halogens is 4. The molecule has 0 amide bonds. The second kappa shape index (κ2) is 8.86. The summed E-state index contributed by atoms with van der Waals surface area (Å²) in [6.45, 7) is 0. The van der Waals surface area contributed by atoms with Crippen LogP contribution in [0.2, 0.25) is 20.1 Å². The average Bonchev–Trinajstić information content (AvgIpc) is 2.34. The molecule has 0 N–H and O–H groups in total. The predicted molar refractivity (Wildman–Crippen MR) is 71.8 cm³/mol. The van der Waals surface area contributed by atoms with Crippen LogP contribution in [0.5, 0.6) is 11.5 Å². The molecule has 0 saturated heterocycles. The first-order chi connectivity index (χ1) is 8.43. The Hall–Kier alpha value is -0.216. The summed E-state index contributed by atoms with van der Waals surface area (Å²) >= 11 is 21.8. The molecular weight excluding hydrogens is 369 g/mol. The third-order valence-corrected chi connectivity index (χ3v) is 3.44. The van der Waals surface area contributed by atoms with Gasteiger partial charge in [-0.05, 0) is 12.1 Å². The number of benzene rings is 2. The van der Waals surface area contributed by atoms with E-state index in [0.29, 0.717) is 10.0 Å². The monoisotopic (exact) mass is 373 g/mol. The van der Waals surface area contributed by atoms with E-state index >= 15 is 0 Å². The molecule has 2 rings (SSSR count). The van der Waals surface area contributed by atoms with Gasteiger partial charge in [0.2, 0.25) is 0 Å². The third-order valence-electron chi connectivity index (χ3n) is 1.83. The number of hydrogen-bond donors (Lipinski definition) is 0. The van der Waals surface area contributed by atoms with E-state index in [-0.39, 0.29) is 40.1 Å². The van der Waals surface area contributed by atoms with Crippen LogP contribution in [0.3, 0.4) is 0 Å². The Morgan fingerprint density at radius 2 is 0.947 bits per heavy atom. The molecule has 0 saturated carbocycles. The fraction of sp³-hybridized carbons (Fsp3) is 0. The van der Waals surface area contributed by atoms with Crippen molar-refractivity contribution in [1.82, 2.24) is 0 Å². The van der Waals surface area contributed by atoms with Gasteiger partial charge in [0.15, 0.2) is 0 Å². The van der Waals surface area contributed by atoms with Gasteiger partial charge < -0.3 is 10.2 Å². The Kier molecular flexibility index (Phi) is 8.76. The minimum atomic E-state index is -0.232. The summed E-state index contributed by atoms with van der Waals surface area (Å²) in [6, 6.07) is 9.02. The molecule has 0 bridgehead atoms. The molecule has 0 aliphatic rings. The molecule has 0 aromatic heterocycles. The first-order valence-corrected chi connectivity index (χ1v) is 6.16. The van der Waals surface area contributed by atoms with Gasteiger partial charge in [-0.25, -0.2) is 0 Å².